The summed E-state index contributed by atoms with van der Waals surface area (Å²) in [5.41, 5.74) is 0. The number of ether oxygens (including phenoxy) is 1. The summed E-state index contributed by atoms with van der Waals surface area (Å²) in [6.45, 7) is 4.15. The Hall–Kier alpha value is -0.940. The van der Waals surface area contributed by atoms with Gasteiger partial charge < -0.3 is 10.1 Å². The highest BCUT2D eigenvalue weighted by atomic mass is 32.1. The first-order valence-electron chi connectivity index (χ1n) is 4.65. The van der Waals surface area contributed by atoms with Crippen LogP contribution >= 0.6 is 11.3 Å². The van der Waals surface area contributed by atoms with Crippen LogP contribution in [0.1, 0.15) is 27.5 Å². The van der Waals surface area contributed by atoms with Gasteiger partial charge in [-0.3, -0.25) is 0 Å². The molecule has 1 aliphatic rings. The first-order chi connectivity index (χ1) is 6.81. The van der Waals surface area contributed by atoms with Crippen molar-refractivity contribution in [3.63, 3.8) is 0 Å². The minimum absolute atomic E-state index is 0.261. The van der Waals surface area contributed by atoms with E-state index < -0.39 is 0 Å². The van der Waals surface area contributed by atoms with Gasteiger partial charge in [0, 0.05) is 19.0 Å². The van der Waals surface area contributed by atoms with Gasteiger partial charge in [0.25, 0.3) is 0 Å². The van der Waals surface area contributed by atoms with Crippen LogP contribution in [-0.4, -0.2) is 30.6 Å². The second-order valence-corrected chi connectivity index (χ2v) is 4.20. The van der Waals surface area contributed by atoms with E-state index in [2.05, 4.69) is 10.3 Å². The average Bonchev–Trinajstić information content (AvgIpc) is 2.50. The Kier molecular flexibility index (Phi) is 2.79. The smallest absolute Gasteiger partial charge is 0.349 e. The Bertz CT molecular complexity index is 333. The molecule has 0 radical (unpaired) electrons. The van der Waals surface area contributed by atoms with Crippen LogP contribution in [0.2, 0.25) is 0 Å². The van der Waals surface area contributed by atoms with Gasteiger partial charge in [-0.15, -0.1) is 11.3 Å². The quantitative estimate of drug-likeness (QED) is 0.760. The van der Waals surface area contributed by atoms with Crippen molar-refractivity contribution in [1.82, 2.24) is 10.3 Å². The highest BCUT2D eigenvalue weighted by Gasteiger charge is 2.23. The van der Waals surface area contributed by atoms with Crippen molar-refractivity contribution in [2.75, 3.05) is 19.7 Å². The lowest BCUT2D eigenvalue weighted by atomic mass is 10.1. The van der Waals surface area contributed by atoms with Crippen molar-refractivity contribution in [2.45, 2.75) is 12.8 Å². The molecule has 76 valence electrons. The van der Waals surface area contributed by atoms with Gasteiger partial charge in [0.2, 0.25) is 0 Å². The van der Waals surface area contributed by atoms with Gasteiger partial charge in [-0.2, -0.15) is 0 Å². The SMILES string of the molecule is CCOC(=O)c1cnc(C2CNC2)s1. The van der Waals surface area contributed by atoms with Crippen molar-refractivity contribution >= 4 is 17.3 Å². The van der Waals surface area contributed by atoms with E-state index in [0.717, 1.165) is 18.1 Å². The predicted octanol–water partition coefficient (Wildman–Crippen LogP) is 1.01. The van der Waals surface area contributed by atoms with E-state index in [0.29, 0.717) is 17.4 Å². The summed E-state index contributed by atoms with van der Waals surface area (Å²) in [4.78, 5) is 16.1. The molecule has 0 spiro atoms. The van der Waals surface area contributed by atoms with Crippen molar-refractivity contribution in [2.24, 2.45) is 0 Å². The molecular formula is C9H12N2O2S. The van der Waals surface area contributed by atoms with Crippen LogP contribution in [0.4, 0.5) is 0 Å². The molecule has 0 aliphatic carbocycles. The standard InChI is InChI=1S/C9H12N2O2S/c1-2-13-9(12)7-5-11-8(14-7)6-3-10-4-6/h5-6,10H,2-4H2,1H3. The number of hydrogen-bond donors (Lipinski definition) is 1. The van der Waals surface area contributed by atoms with Crippen LogP contribution in [0.3, 0.4) is 0 Å². The molecule has 2 rings (SSSR count). The van der Waals surface area contributed by atoms with Crippen LogP contribution in [0.15, 0.2) is 6.20 Å². The van der Waals surface area contributed by atoms with Gasteiger partial charge in [-0.05, 0) is 6.92 Å². The molecule has 14 heavy (non-hydrogen) atoms. The number of rotatable bonds is 3. The molecule has 0 unspecified atom stereocenters. The maximum absolute atomic E-state index is 11.3. The Labute approximate surface area is 86.3 Å². The summed E-state index contributed by atoms with van der Waals surface area (Å²) in [6, 6.07) is 0. The van der Waals surface area contributed by atoms with E-state index in [1.807, 2.05) is 0 Å². The molecule has 0 amide bonds. The minimum atomic E-state index is -0.261. The molecule has 0 aromatic carbocycles. The van der Waals surface area contributed by atoms with Crippen molar-refractivity contribution < 1.29 is 9.53 Å². The van der Waals surface area contributed by atoms with E-state index in [1.54, 1.807) is 13.1 Å². The zero-order valence-corrected chi connectivity index (χ0v) is 8.76. The summed E-state index contributed by atoms with van der Waals surface area (Å²) in [5.74, 6) is 0.228. The summed E-state index contributed by atoms with van der Waals surface area (Å²) < 4.78 is 4.89. The molecule has 1 aromatic heterocycles. The molecule has 1 aliphatic heterocycles. The van der Waals surface area contributed by atoms with E-state index in [-0.39, 0.29) is 5.97 Å². The Morgan fingerprint density at radius 2 is 2.57 bits per heavy atom. The van der Waals surface area contributed by atoms with Gasteiger partial charge in [0.05, 0.1) is 17.8 Å². The number of carbonyl (C=O) groups is 1. The van der Waals surface area contributed by atoms with E-state index in [1.165, 1.54) is 11.3 Å². The number of hydrogen-bond acceptors (Lipinski definition) is 5. The second kappa shape index (κ2) is 4.06. The third kappa shape index (κ3) is 1.78. The molecule has 0 bridgehead atoms. The summed E-state index contributed by atoms with van der Waals surface area (Å²) in [6.07, 6.45) is 1.61. The van der Waals surface area contributed by atoms with Crippen LogP contribution in [0, 0.1) is 0 Å². The maximum atomic E-state index is 11.3. The molecule has 1 N–H and O–H groups in total. The maximum Gasteiger partial charge on any atom is 0.349 e. The molecule has 1 fully saturated rings. The van der Waals surface area contributed by atoms with E-state index in [4.69, 9.17) is 4.74 Å². The molecule has 5 heteroatoms. The van der Waals surface area contributed by atoms with Gasteiger partial charge in [0.15, 0.2) is 0 Å². The minimum Gasteiger partial charge on any atom is -0.462 e. The van der Waals surface area contributed by atoms with Crippen LogP contribution < -0.4 is 5.32 Å². The number of aromatic nitrogens is 1. The first kappa shape index (κ1) is 9.61. The predicted molar refractivity (Wildman–Crippen MR) is 53.7 cm³/mol. The molecule has 1 saturated heterocycles. The highest BCUT2D eigenvalue weighted by Crippen LogP contribution is 2.25. The zero-order chi connectivity index (χ0) is 9.97. The van der Waals surface area contributed by atoms with Crippen LogP contribution in [-0.2, 0) is 4.74 Å². The normalized spacial score (nSPS) is 16.4. The Balaban J connectivity index is 2.05. The largest absolute Gasteiger partial charge is 0.462 e. The lowest BCUT2D eigenvalue weighted by Gasteiger charge is -2.24. The third-order valence-electron chi connectivity index (χ3n) is 2.13. The molecule has 2 heterocycles. The summed E-state index contributed by atoms with van der Waals surface area (Å²) in [5, 5.41) is 4.21. The molecule has 0 atom stereocenters. The third-order valence-corrected chi connectivity index (χ3v) is 3.27. The van der Waals surface area contributed by atoms with Crippen molar-refractivity contribution in [3.05, 3.63) is 16.1 Å². The fraction of sp³-hybridized carbons (Fsp3) is 0.556. The topological polar surface area (TPSA) is 51.2 Å². The summed E-state index contributed by atoms with van der Waals surface area (Å²) >= 11 is 1.44. The van der Waals surface area contributed by atoms with E-state index >= 15 is 0 Å². The summed E-state index contributed by atoms with van der Waals surface area (Å²) in [7, 11) is 0. The average molecular weight is 212 g/mol. The van der Waals surface area contributed by atoms with Gasteiger partial charge in [-0.25, -0.2) is 9.78 Å². The fourth-order valence-corrected chi connectivity index (χ4v) is 2.15. The number of esters is 1. The lowest BCUT2D eigenvalue weighted by molar-refractivity contribution is 0.0532. The Morgan fingerprint density at radius 3 is 3.14 bits per heavy atom. The lowest BCUT2D eigenvalue weighted by Crippen LogP contribution is -2.39. The number of carbonyl (C=O) groups excluding carboxylic acids is 1. The monoisotopic (exact) mass is 212 g/mol. The van der Waals surface area contributed by atoms with Crippen molar-refractivity contribution in [3.8, 4) is 0 Å². The zero-order valence-electron chi connectivity index (χ0n) is 7.95. The fourth-order valence-electron chi connectivity index (χ4n) is 1.24. The second-order valence-electron chi connectivity index (χ2n) is 3.14. The first-order valence-corrected chi connectivity index (χ1v) is 5.46. The molecular weight excluding hydrogens is 200 g/mol. The molecule has 4 nitrogen and oxygen atoms in total. The number of nitrogens with zero attached hydrogens (tertiary/aromatic N) is 1. The van der Waals surface area contributed by atoms with Crippen LogP contribution in [0.25, 0.3) is 0 Å². The Morgan fingerprint density at radius 1 is 1.79 bits per heavy atom. The van der Waals surface area contributed by atoms with Gasteiger partial charge in [-0.1, -0.05) is 0 Å². The van der Waals surface area contributed by atoms with Crippen LogP contribution in [0.5, 0.6) is 0 Å². The number of thiazole rings is 1. The van der Waals surface area contributed by atoms with E-state index in [9.17, 15) is 4.79 Å². The number of nitrogens with one attached hydrogen (secondary N) is 1. The highest BCUT2D eigenvalue weighted by molar-refractivity contribution is 7.13. The van der Waals surface area contributed by atoms with Gasteiger partial charge in [0.1, 0.15) is 4.88 Å². The molecule has 1 aromatic rings. The molecule has 0 saturated carbocycles. The van der Waals surface area contributed by atoms with Crippen molar-refractivity contribution in [1.29, 1.82) is 0 Å². The van der Waals surface area contributed by atoms with Gasteiger partial charge >= 0.3 is 5.97 Å².